The van der Waals surface area contributed by atoms with Crippen LogP contribution in [0.3, 0.4) is 0 Å². The van der Waals surface area contributed by atoms with E-state index in [0.717, 1.165) is 12.1 Å². The average molecular weight is 421 g/mol. The molecule has 1 aromatic rings. The number of alkyl halides is 3. The number of halogens is 4. The SMILES string of the molecule is CC(C)CNC(=O)C1CSCN1C(=O)C=Cc1ccc(Cl)c(C(F)(F)F)c1. The second-order valence-electron chi connectivity index (χ2n) is 6.53. The van der Waals surface area contributed by atoms with Gasteiger partial charge in [-0.2, -0.15) is 13.2 Å². The van der Waals surface area contributed by atoms with Gasteiger partial charge in [0.15, 0.2) is 0 Å². The zero-order valence-corrected chi connectivity index (χ0v) is 16.4. The van der Waals surface area contributed by atoms with Crippen LogP contribution in [-0.4, -0.2) is 40.9 Å². The van der Waals surface area contributed by atoms with Crippen molar-refractivity contribution in [1.29, 1.82) is 0 Å². The Morgan fingerprint density at radius 1 is 1.41 bits per heavy atom. The minimum Gasteiger partial charge on any atom is -0.354 e. The molecule has 27 heavy (non-hydrogen) atoms. The van der Waals surface area contributed by atoms with Crippen LogP contribution >= 0.6 is 23.4 Å². The number of rotatable bonds is 5. The molecule has 2 amide bonds. The molecule has 1 aromatic carbocycles. The molecule has 1 saturated heterocycles. The van der Waals surface area contributed by atoms with Crippen LogP contribution in [0.15, 0.2) is 24.3 Å². The number of nitrogens with zero attached hydrogens (tertiary/aromatic N) is 1. The highest BCUT2D eigenvalue weighted by molar-refractivity contribution is 7.99. The molecule has 0 radical (unpaired) electrons. The van der Waals surface area contributed by atoms with Gasteiger partial charge in [0.2, 0.25) is 11.8 Å². The molecule has 4 nitrogen and oxygen atoms in total. The highest BCUT2D eigenvalue weighted by Crippen LogP contribution is 2.35. The van der Waals surface area contributed by atoms with Gasteiger partial charge < -0.3 is 10.2 Å². The number of carbonyl (C=O) groups excluding carboxylic acids is 2. The van der Waals surface area contributed by atoms with Gasteiger partial charge in [-0.05, 0) is 29.7 Å². The molecule has 2 rings (SSSR count). The van der Waals surface area contributed by atoms with Crippen LogP contribution in [0.25, 0.3) is 6.08 Å². The Hall–Kier alpha value is -1.67. The lowest BCUT2D eigenvalue weighted by molar-refractivity contribution is -0.137. The number of carbonyl (C=O) groups is 2. The standard InChI is InChI=1S/C18H20ClF3N2O2S/c1-11(2)8-23-17(26)15-9-27-10-24(15)16(25)6-4-12-3-5-14(19)13(7-12)18(20,21)22/h3-7,11,15H,8-10H2,1-2H3,(H,23,26). The maximum Gasteiger partial charge on any atom is 0.417 e. The summed E-state index contributed by atoms with van der Waals surface area (Å²) in [4.78, 5) is 26.1. The summed E-state index contributed by atoms with van der Waals surface area (Å²) in [6.07, 6.45) is -2.10. The van der Waals surface area contributed by atoms with E-state index in [9.17, 15) is 22.8 Å². The van der Waals surface area contributed by atoms with Crippen molar-refractivity contribution in [2.24, 2.45) is 5.92 Å². The van der Waals surface area contributed by atoms with Gasteiger partial charge in [0.25, 0.3) is 0 Å². The van der Waals surface area contributed by atoms with Gasteiger partial charge >= 0.3 is 6.18 Å². The van der Waals surface area contributed by atoms with E-state index in [-0.39, 0.29) is 11.5 Å². The van der Waals surface area contributed by atoms with Crippen LogP contribution in [0.1, 0.15) is 25.0 Å². The predicted molar refractivity (Wildman–Crippen MR) is 101 cm³/mol. The summed E-state index contributed by atoms with van der Waals surface area (Å²) >= 11 is 7.04. The van der Waals surface area contributed by atoms with Crippen molar-refractivity contribution >= 4 is 41.3 Å². The molecule has 0 spiro atoms. The fourth-order valence-electron chi connectivity index (χ4n) is 2.43. The van der Waals surface area contributed by atoms with Gasteiger partial charge in [-0.1, -0.05) is 31.5 Å². The number of benzene rings is 1. The topological polar surface area (TPSA) is 49.4 Å². The number of nitrogens with one attached hydrogen (secondary N) is 1. The first kappa shape index (κ1) is 21.6. The largest absolute Gasteiger partial charge is 0.417 e. The van der Waals surface area contributed by atoms with E-state index in [2.05, 4.69) is 5.32 Å². The van der Waals surface area contributed by atoms with Crippen molar-refractivity contribution in [2.45, 2.75) is 26.1 Å². The summed E-state index contributed by atoms with van der Waals surface area (Å²) < 4.78 is 38.7. The number of hydrogen-bond donors (Lipinski definition) is 1. The number of thioether (sulfide) groups is 1. The molecule has 1 fully saturated rings. The molecule has 0 saturated carbocycles. The van der Waals surface area contributed by atoms with Crippen molar-refractivity contribution < 1.29 is 22.8 Å². The third-order valence-electron chi connectivity index (χ3n) is 3.87. The smallest absolute Gasteiger partial charge is 0.354 e. The fraction of sp³-hybridized carbons (Fsp3) is 0.444. The number of amides is 2. The Balaban J connectivity index is 2.08. The van der Waals surface area contributed by atoms with Gasteiger partial charge in [0, 0.05) is 18.4 Å². The van der Waals surface area contributed by atoms with E-state index in [1.807, 2.05) is 13.8 Å². The predicted octanol–water partition coefficient (Wildman–Crippen LogP) is 4.05. The van der Waals surface area contributed by atoms with Crippen molar-refractivity contribution in [1.82, 2.24) is 10.2 Å². The summed E-state index contributed by atoms with van der Waals surface area (Å²) in [5.41, 5.74) is -0.755. The highest BCUT2D eigenvalue weighted by atomic mass is 35.5. The van der Waals surface area contributed by atoms with Crippen LogP contribution in [-0.2, 0) is 15.8 Å². The average Bonchev–Trinajstić information content (AvgIpc) is 3.07. The minimum atomic E-state index is -4.57. The molecule has 1 unspecified atom stereocenters. The van der Waals surface area contributed by atoms with Crippen molar-refractivity contribution in [3.63, 3.8) is 0 Å². The first-order valence-electron chi connectivity index (χ1n) is 8.30. The van der Waals surface area contributed by atoms with Gasteiger partial charge in [0.05, 0.1) is 16.5 Å². The maximum absolute atomic E-state index is 12.9. The van der Waals surface area contributed by atoms with Gasteiger partial charge in [0.1, 0.15) is 6.04 Å². The van der Waals surface area contributed by atoms with E-state index in [1.54, 1.807) is 0 Å². The summed E-state index contributed by atoms with van der Waals surface area (Å²) in [5.74, 6) is 0.495. The summed E-state index contributed by atoms with van der Waals surface area (Å²) in [6.45, 7) is 4.45. The van der Waals surface area contributed by atoms with E-state index < -0.39 is 28.7 Å². The Kier molecular flexibility index (Phi) is 7.22. The molecule has 0 aliphatic carbocycles. The summed E-state index contributed by atoms with van der Waals surface area (Å²) in [6, 6.07) is 2.84. The highest BCUT2D eigenvalue weighted by Gasteiger charge is 2.34. The van der Waals surface area contributed by atoms with E-state index in [1.165, 1.54) is 34.9 Å². The van der Waals surface area contributed by atoms with Crippen LogP contribution < -0.4 is 5.32 Å². The molecular formula is C18H20ClF3N2O2S. The van der Waals surface area contributed by atoms with E-state index in [0.29, 0.717) is 24.1 Å². The summed E-state index contributed by atoms with van der Waals surface area (Å²) in [5, 5.41) is 2.40. The van der Waals surface area contributed by atoms with Crippen LogP contribution in [0.4, 0.5) is 13.2 Å². The summed E-state index contributed by atoms with van der Waals surface area (Å²) in [7, 11) is 0. The molecule has 1 atom stereocenters. The lowest BCUT2D eigenvalue weighted by atomic mass is 10.1. The normalized spacial score (nSPS) is 17.7. The van der Waals surface area contributed by atoms with E-state index >= 15 is 0 Å². The molecule has 0 aromatic heterocycles. The van der Waals surface area contributed by atoms with Crippen molar-refractivity contribution in [3.8, 4) is 0 Å². The third kappa shape index (κ3) is 5.90. The molecule has 1 aliphatic rings. The Morgan fingerprint density at radius 3 is 2.74 bits per heavy atom. The first-order chi connectivity index (χ1) is 12.6. The Bertz CT molecular complexity index is 738. The van der Waals surface area contributed by atoms with Crippen molar-refractivity contribution in [3.05, 3.63) is 40.4 Å². The van der Waals surface area contributed by atoms with Crippen molar-refractivity contribution in [2.75, 3.05) is 18.2 Å². The fourth-order valence-corrected chi connectivity index (χ4v) is 3.82. The molecule has 148 valence electrons. The molecular weight excluding hydrogens is 401 g/mol. The van der Waals surface area contributed by atoms with Gasteiger partial charge in [-0.3, -0.25) is 9.59 Å². The first-order valence-corrected chi connectivity index (χ1v) is 9.83. The van der Waals surface area contributed by atoms with Crippen LogP contribution in [0.2, 0.25) is 5.02 Å². The molecule has 1 aliphatic heterocycles. The van der Waals surface area contributed by atoms with E-state index in [4.69, 9.17) is 11.6 Å². The van der Waals surface area contributed by atoms with Crippen LogP contribution in [0, 0.1) is 5.92 Å². The van der Waals surface area contributed by atoms with Gasteiger partial charge in [-0.25, -0.2) is 0 Å². The Morgan fingerprint density at radius 2 is 2.11 bits per heavy atom. The van der Waals surface area contributed by atoms with Crippen LogP contribution in [0.5, 0.6) is 0 Å². The minimum absolute atomic E-state index is 0.202. The molecule has 0 bridgehead atoms. The second kappa shape index (κ2) is 9.01. The monoisotopic (exact) mass is 420 g/mol. The molecule has 1 heterocycles. The third-order valence-corrected chi connectivity index (χ3v) is 5.21. The maximum atomic E-state index is 12.9. The van der Waals surface area contributed by atoms with Gasteiger partial charge in [-0.15, -0.1) is 11.8 Å². The molecule has 9 heteroatoms. The second-order valence-corrected chi connectivity index (χ2v) is 7.94. The quantitative estimate of drug-likeness (QED) is 0.731. The Labute approximate surface area is 165 Å². The zero-order chi connectivity index (χ0) is 20.2. The molecule has 1 N–H and O–H groups in total. The lowest BCUT2D eigenvalue weighted by Gasteiger charge is -2.22. The number of hydrogen-bond acceptors (Lipinski definition) is 3. The lowest BCUT2D eigenvalue weighted by Crippen LogP contribution is -2.47. The zero-order valence-electron chi connectivity index (χ0n) is 14.8.